The van der Waals surface area contributed by atoms with E-state index in [4.69, 9.17) is 4.74 Å². The summed E-state index contributed by atoms with van der Waals surface area (Å²) < 4.78 is 60.2. The number of nitrogens with zero attached hydrogens (tertiary/aromatic N) is 2. The molecule has 50 heavy (non-hydrogen) atoms. The van der Waals surface area contributed by atoms with Gasteiger partial charge in [-0.2, -0.15) is 13.2 Å². The van der Waals surface area contributed by atoms with Crippen LogP contribution in [0.3, 0.4) is 0 Å². The molecule has 5 rings (SSSR count). The van der Waals surface area contributed by atoms with E-state index in [0.717, 1.165) is 28.8 Å². The first-order chi connectivity index (χ1) is 23.7. The average molecular weight is 692 g/mol. The Morgan fingerprint density at radius 2 is 1.70 bits per heavy atom. The molecule has 0 spiro atoms. The van der Waals surface area contributed by atoms with Crippen LogP contribution in [0.1, 0.15) is 46.5 Å². The van der Waals surface area contributed by atoms with E-state index in [2.05, 4.69) is 10.2 Å². The lowest BCUT2D eigenvalue weighted by molar-refractivity contribution is -0.137. The molecule has 4 aromatic rings. The molecule has 4 aromatic carbocycles. The maximum atomic E-state index is 14.6. The van der Waals surface area contributed by atoms with Crippen LogP contribution in [0.4, 0.5) is 23.2 Å². The molecule has 11 heteroatoms. The van der Waals surface area contributed by atoms with Crippen LogP contribution in [-0.2, 0) is 23.9 Å². The monoisotopic (exact) mass is 691 g/mol. The van der Waals surface area contributed by atoms with Crippen molar-refractivity contribution in [2.24, 2.45) is 5.92 Å². The number of para-hydroxylation sites is 1. The first kappa shape index (κ1) is 36.5. The summed E-state index contributed by atoms with van der Waals surface area (Å²) in [5.41, 5.74) is 3.22. The van der Waals surface area contributed by atoms with Crippen LogP contribution in [0.25, 0.3) is 11.1 Å². The number of hydrogen-bond acceptors (Lipinski definition) is 5. The number of likely N-dealkylation sites (N-methyl/N-ethyl adjacent to an activating group) is 1. The van der Waals surface area contributed by atoms with Gasteiger partial charge in [0, 0.05) is 31.1 Å². The Kier molecular flexibility index (Phi) is 11.3. The van der Waals surface area contributed by atoms with E-state index in [9.17, 15) is 32.3 Å². The second kappa shape index (κ2) is 15.4. The Hall–Kier alpha value is -4.74. The van der Waals surface area contributed by atoms with Gasteiger partial charge >= 0.3 is 6.18 Å². The first-order valence-corrected chi connectivity index (χ1v) is 16.4. The summed E-state index contributed by atoms with van der Waals surface area (Å²) in [6, 6.07) is 21.6. The zero-order chi connectivity index (χ0) is 36.2. The van der Waals surface area contributed by atoms with Crippen molar-refractivity contribution in [2.45, 2.75) is 52.1 Å². The van der Waals surface area contributed by atoms with Crippen LogP contribution in [0.2, 0.25) is 0 Å². The minimum atomic E-state index is -4.48. The number of rotatable bonds is 10. The zero-order valence-corrected chi connectivity index (χ0v) is 28.4. The number of amides is 2. The number of nitrogens with one attached hydrogen (secondary N) is 1. The molecule has 3 atom stereocenters. The van der Waals surface area contributed by atoms with Gasteiger partial charge in [-0.05, 0) is 73.5 Å². The maximum Gasteiger partial charge on any atom is 0.416 e. The lowest BCUT2D eigenvalue weighted by Crippen LogP contribution is -2.49. The van der Waals surface area contributed by atoms with Crippen molar-refractivity contribution in [2.75, 3.05) is 32.1 Å². The summed E-state index contributed by atoms with van der Waals surface area (Å²) >= 11 is 0. The third-order valence-corrected chi connectivity index (χ3v) is 8.94. The molecule has 0 fully saturated rings. The van der Waals surface area contributed by atoms with Crippen molar-refractivity contribution < 1.29 is 37.0 Å². The van der Waals surface area contributed by atoms with Crippen LogP contribution in [0.5, 0.6) is 5.75 Å². The number of aryl methyl sites for hydroxylation is 1. The number of halogens is 4. The van der Waals surface area contributed by atoms with Gasteiger partial charge in [0.1, 0.15) is 11.9 Å². The Morgan fingerprint density at radius 1 is 1.02 bits per heavy atom. The fourth-order valence-electron chi connectivity index (χ4n) is 6.08. The normalized spacial score (nSPS) is 17.1. The van der Waals surface area contributed by atoms with E-state index >= 15 is 0 Å². The third kappa shape index (κ3) is 8.70. The highest BCUT2D eigenvalue weighted by atomic mass is 19.4. The average Bonchev–Trinajstić information content (AvgIpc) is 3.06. The molecule has 0 saturated carbocycles. The SMILES string of the molecule is Cc1ccc(-c2ccc(CN(C)C[C@H]3Oc4c(NC(=O)Cc5ccc(C(F)(F)F)cc5)cccc4C(=O)N([C@@H](C)CO)C[C@H]3C)cc2)c(F)c1. The minimum absolute atomic E-state index is 0.183. The predicted molar refractivity (Wildman–Crippen MR) is 184 cm³/mol. The summed E-state index contributed by atoms with van der Waals surface area (Å²) in [5.74, 6) is -1.13. The van der Waals surface area contributed by atoms with Gasteiger partial charge in [-0.1, -0.05) is 61.5 Å². The minimum Gasteiger partial charge on any atom is -0.486 e. The summed E-state index contributed by atoms with van der Waals surface area (Å²) in [6.07, 6.45) is -5.13. The van der Waals surface area contributed by atoms with Gasteiger partial charge in [0.2, 0.25) is 5.91 Å². The van der Waals surface area contributed by atoms with Crippen molar-refractivity contribution in [1.29, 1.82) is 0 Å². The number of carbonyl (C=O) groups is 2. The van der Waals surface area contributed by atoms with Crippen molar-refractivity contribution in [1.82, 2.24) is 9.80 Å². The molecule has 7 nitrogen and oxygen atoms in total. The first-order valence-electron chi connectivity index (χ1n) is 16.4. The number of ether oxygens (including phenoxy) is 1. The number of benzene rings is 4. The summed E-state index contributed by atoms with van der Waals surface area (Å²) in [7, 11) is 1.94. The van der Waals surface area contributed by atoms with Crippen molar-refractivity contribution in [3.8, 4) is 16.9 Å². The number of anilines is 1. The van der Waals surface area contributed by atoms with Gasteiger partial charge in [0.25, 0.3) is 5.91 Å². The largest absolute Gasteiger partial charge is 0.486 e. The smallest absolute Gasteiger partial charge is 0.416 e. The van der Waals surface area contributed by atoms with Crippen LogP contribution in [0.15, 0.2) is 84.9 Å². The van der Waals surface area contributed by atoms with Crippen LogP contribution < -0.4 is 10.1 Å². The lowest BCUT2D eigenvalue weighted by atomic mass is 9.98. The van der Waals surface area contributed by atoms with Crippen molar-refractivity contribution in [3.63, 3.8) is 0 Å². The number of carbonyl (C=O) groups excluding carboxylic acids is 2. The fraction of sp³-hybridized carbons (Fsp3) is 0.333. The van der Waals surface area contributed by atoms with Gasteiger partial charge in [0.05, 0.1) is 35.9 Å². The number of fused-ring (bicyclic) bond motifs is 1. The second-order valence-corrected chi connectivity index (χ2v) is 13.1. The molecular weight excluding hydrogens is 650 g/mol. The lowest BCUT2D eigenvalue weighted by Gasteiger charge is -2.38. The number of alkyl halides is 3. The van der Waals surface area contributed by atoms with E-state index in [1.165, 1.54) is 18.2 Å². The Labute approximate surface area is 289 Å². The Bertz CT molecular complexity index is 1810. The fourth-order valence-corrected chi connectivity index (χ4v) is 6.08. The van der Waals surface area contributed by atoms with E-state index in [1.807, 2.05) is 51.2 Å². The highest BCUT2D eigenvalue weighted by Gasteiger charge is 2.35. The molecule has 0 bridgehead atoms. The predicted octanol–water partition coefficient (Wildman–Crippen LogP) is 7.35. The van der Waals surface area contributed by atoms with Crippen molar-refractivity contribution >= 4 is 17.5 Å². The molecule has 2 amide bonds. The molecule has 2 N–H and O–H groups in total. The molecule has 0 saturated heterocycles. The standard InChI is InChI=1S/C39H41F4N3O4/c1-24-8-17-31(33(40)18-24)29-13-9-28(10-14-29)21-45(4)22-35-25(2)20-46(26(3)23-47)38(49)32-6-5-7-34(37(32)50-35)44-36(48)19-27-11-15-30(16-12-27)39(41,42)43/h5-18,25-26,35,47H,19-23H2,1-4H3,(H,44,48)/t25-,26+,35-/m1/s1. The van der Waals surface area contributed by atoms with Gasteiger partial charge < -0.3 is 20.1 Å². The van der Waals surface area contributed by atoms with Crippen LogP contribution in [0, 0.1) is 18.7 Å². The van der Waals surface area contributed by atoms with Gasteiger partial charge in [0.15, 0.2) is 5.75 Å². The highest BCUT2D eigenvalue weighted by Crippen LogP contribution is 2.35. The topological polar surface area (TPSA) is 82.1 Å². The number of hydrogen-bond donors (Lipinski definition) is 2. The maximum absolute atomic E-state index is 14.6. The number of aliphatic hydroxyl groups is 1. The summed E-state index contributed by atoms with van der Waals surface area (Å²) in [6.45, 7) is 6.64. The van der Waals surface area contributed by atoms with Crippen LogP contribution in [-0.4, -0.2) is 65.6 Å². The quantitative estimate of drug-likeness (QED) is 0.170. The van der Waals surface area contributed by atoms with Gasteiger partial charge in [-0.15, -0.1) is 0 Å². The molecule has 1 aliphatic rings. The molecule has 1 heterocycles. The highest BCUT2D eigenvalue weighted by molar-refractivity contribution is 6.02. The zero-order valence-electron chi connectivity index (χ0n) is 28.4. The van der Waals surface area contributed by atoms with E-state index < -0.39 is 29.8 Å². The molecular formula is C39H41F4N3O4. The second-order valence-electron chi connectivity index (χ2n) is 13.1. The molecule has 0 radical (unpaired) electrons. The molecule has 0 aromatic heterocycles. The van der Waals surface area contributed by atoms with Crippen LogP contribution >= 0.6 is 0 Å². The van der Waals surface area contributed by atoms with Gasteiger partial charge in [-0.3, -0.25) is 14.5 Å². The summed E-state index contributed by atoms with van der Waals surface area (Å²) in [5, 5.41) is 12.8. The van der Waals surface area contributed by atoms with E-state index in [0.29, 0.717) is 30.8 Å². The van der Waals surface area contributed by atoms with Gasteiger partial charge in [-0.25, -0.2) is 4.39 Å². The van der Waals surface area contributed by atoms with Crippen molar-refractivity contribution in [3.05, 3.63) is 119 Å². The molecule has 1 aliphatic heterocycles. The number of aliphatic hydroxyl groups excluding tert-OH is 1. The Balaban J connectivity index is 1.36. The third-order valence-electron chi connectivity index (χ3n) is 8.94. The van der Waals surface area contributed by atoms with E-state index in [1.54, 1.807) is 36.1 Å². The molecule has 0 aliphatic carbocycles. The Morgan fingerprint density at radius 3 is 2.34 bits per heavy atom. The van der Waals surface area contributed by atoms with E-state index in [-0.39, 0.29) is 47.7 Å². The molecule has 0 unspecified atom stereocenters. The summed E-state index contributed by atoms with van der Waals surface area (Å²) in [4.78, 5) is 30.6. The molecule has 264 valence electrons.